The number of benzene rings is 3. The van der Waals surface area contributed by atoms with E-state index >= 15 is 0 Å². The smallest absolute Gasteiger partial charge is 0.267 e. The highest BCUT2D eigenvalue weighted by atomic mass is 32.2. The van der Waals surface area contributed by atoms with E-state index in [9.17, 15) is 18.0 Å². The minimum atomic E-state index is -3.84. The van der Waals surface area contributed by atoms with Gasteiger partial charge >= 0.3 is 0 Å². The third kappa shape index (κ3) is 5.55. The van der Waals surface area contributed by atoms with Crippen molar-refractivity contribution in [1.29, 1.82) is 0 Å². The number of anilines is 2. The summed E-state index contributed by atoms with van der Waals surface area (Å²) in [4.78, 5) is 26.1. The summed E-state index contributed by atoms with van der Waals surface area (Å²) in [5.41, 5.74) is 1.52. The molecule has 3 aromatic carbocycles. The number of sulfonamides is 1. The van der Waals surface area contributed by atoms with Gasteiger partial charge in [-0.15, -0.1) is 0 Å². The summed E-state index contributed by atoms with van der Waals surface area (Å²) in [6, 6.07) is 25.5. The molecule has 194 valence electrons. The first kappa shape index (κ1) is 25.1. The van der Waals surface area contributed by atoms with E-state index in [0.717, 1.165) is 0 Å². The van der Waals surface area contributed by atoms with Crippen LogP contribution in [0, 0.1) is 0 Å². The van der Waals surface area contributed by atoms with Gasteiger partial charge in [0, 0.05) is 0 Å². The monoisotopic (exact) mass is 531 g/mol. The van der Waals surface area contributed by atoms with Crippen LogP contribution < -0.4 is 19.7 Å². The number of carbonyl (C=O) groups excluding carboxylic acids is 2. The second kappa shape index (κ2) is 10.8. The molecule has 0 fully saturated rings. The molecule has 1 aromatic heterocycles. The van der Waals surface area contributed by atoms with Crippen molar-refractivity contribution in [2.45, 2.75) is 18.4 Å². The number of ether oxygens (including phenoxy) is 1. The van der Waals surface area contributed by atoms with Crippen molar-refractivity contribution in [3.05, 3.63) is 114 Å². The largest absolute Gasteiger partial charge is 0.476 e. The van der Waals surface area contributed by atoms with E-state index < -0.39 is 27.9 Å². The average molecular weight is 532 g/mol. The van der Waals surface area contributed by atoms with Crippen LogP contribution in [0.1, 0.15) is 21.7 Å². The van der Waals surface area contributed by atoms with Crippen molar-refractivity contribution in [1.82, 2.24) is 5.32 Å². The molecular formula is C28H25N3O6S. The van der Waals surface area contributed by atoms with E-state index in [4.69, 9.17) is 9.15 Å². The minimum absolute atomic E-state index is 0.185. The molecule has 9 nitrogen and oxygen atoms in total. The van der Waals surface area contributed by atoms with Gasteiger partial charge in [0.05, 0.1) is 42.0 Å². The molecular weight excluding hydrogens is 506 g/mol. The van der Waals surface area contributed by atoms with Gasteiger partial charge in [0.25, 0.3) is 11.8 Å². The standard InChI is InChI=1S/C28H25N3O6S/c32-27(29-17-21-11-8-16-36-21)22-12-4-5-13-23(22)30-28(33)26-18-31(24-14-6-7-15-25(24)37-26)38(34,35)19-20-9-2-1-3-10-20/h1-16,26H,17-19H2,(H,29,32)(H,30,33)/t26-/m0/s1. The zero-order valence-corrected chi connectivity index (χ0v) is 21.1. The van der Waals surface area contributed by atoms with Crippen molar-refractivity contribution in [2.24, 2.45) is 0 Å². The van der Waals surface area contributed by atoms with Gasteiger partial charge in [-0.05, 0) is 42.0 Å². The molecule has 1 atom stereocenters. The topological polar surface area (TPSA) is 118 Å². The Morgan fingerprint density at radius 3 is 2.42 bits per heavy atom. The number of nitrogens with one attached hydrogen (secondary N) is 2. The summed E-state index contributed by atoms with van der Waals surface area (Å²) in [5, 5.41) is 5.49. The number of nitrogens with zero attached hydrogens (tertiary/aromatic N) is 1. The van der Waals surface area contributed by atoms with E-state index in [0.29, 0.717) is 17.0 Å². The Morgan fingerprint density at radius 2 is 1.63 bits per heavy atom. The lowest BCUT2D eigenvalue weighted by Crippen LogP contribution is -2.49. The van der Waals surface area contributed by atoms with Crippen LogP contribution in [0.15, 0.2) is 102 Å². The number of carbonyl (C=O) groups is 2. The number of hydrogen-bond donors (Lipinski definition) is 2. The summed E-state index contributed by atoms with van der Waals surface area (Å²) < 4.78 is 39.2. The number of para-hydroxylation sites is 3. The number of fused-ring (bicyclic) bond motifs is 1. The molecule has 0 unspecified atom stereocenters. The molecule has 4 aromatic rings. The fourth-order valence-corrected chi connectivity index (χ4v) is 5.73. The predicted octanol–water partition coefficient (Wildman–Crippen LogP) is 3.95. The van der Waals surface area contributed by atoms with E-state index in [1.807, 2.05) is 6.07 Å². The molecule has 38 heavy (non-hydrogen) atoms. The van der Waals surface area contributed by atoms with Crippen LogP contribution in [0.2, 0.25) is 0 Å². The zero-order chi connectivity index (χ0) is 26.5. The van der Waals surface area contributed by atoms with Crippen LogP contribution >= 0.6 is 0 Å². The third-order valence-electron chi connectivity index (χ3n) is 5.99. The molecule has 0 bridgehead atoms. The van der Waals surface area contributed by atoms with E-state index in [2.05, 4.69) is 10.6 Å². The number of furan rings is 1. The highest BCUT2D eigenvalue weighted by Crippen LogP contribution is 2.36. The Bertz CT molecular complexity index is 1540. The minimum Gasteiger partial charge on any atom is -0.476 e. The fraction of sp³-hybridized carbons (Fsp3) is 0.143. The Kier molecular flexibility index (Phi) is 7.14. The molecule has 0 saturated heterocycles. The molecule has 2 N–H and O–H groups in total. The lowest BCUT2D eigenvalue weighted by atomic mass is 10.1. The summed E-state index contributed by atoms with van der Waals surface area (Å²) in [6.07, 6.45) is 0.371. The van der Waals surface area contributed by atoms with Gasteiger partial charge in [0.1, 0.15) is 11.5 Å². The van der Waals surface area contributed by atoms with Crippen LogP contribution in [-0.4, -0.2) is 32.9 Å². The first-order valence-electron chi connectivity index (χ1n) is 11.9. The molecule has 1 aliphatic heterocycles. The molecule has 0 spiro atoms. The first-order valence-corrected chi connectivity index (χ1v) is 13.5. The lowest BCUT2D eigenvalue weighted by molar-refractivity contribution is -0.122. The average Bonchev–Trinajstić information content (AvgIpc) is 3.45. The van der Waals surface area contributed by atoms with Crippen molar-refractivity contribution in [3.8, 4) is 5.75 Å². The SMILES string of the molecule is O=C(NCc1ccco1)c1ccccc1NC(=O)[C@@H]1CN(S(=O)(=O)Cc2ccccc2)c2ccccc2O1. The van der Waals surface area contributed by atoms with E-state index in [-0.39, 0.29) is 35.8 Å². The second-order valence-corrected chi connectivity index (χ2v) is 10.5. The quantitative estimate of drug-likeness (QED) is 0.356. The van der Waals surface area contributed by atoms with E-state index in [1.165, 1.54) is 10.6 Å². The van der Waals surface area contributed by atoms with Crippen molar-refractivity contribution < 1.29 is 27.2 Å². The summed E-state index contributed by atoms with van der Waals surface area (Å²) in [6.45, 7) is -0.0320. The van der Waals surface area contributed by atoms with Gasteiger partial charge in [-0.25, -0.2) is 8.42 Å². The molecule has 2 amide bonds. The Balaban J connectivity index is 1.35. The molecule has 0 aliphatic carbocycles. The molecule has 0 saturated carbocycles. The van der Waals surface area contributed by atoms with Crippen LogP contribution in [0.3, 0.4) is 0 Å². The maximum Gasteiger partial charge on any atom is 0.267 e. The lowest BCUT2D eigenvalue weighted by Gasteiger charge is -2.34. The van der Waals surface area contributed by atoms with Crippen LogP contribution in [0.5, 0.6) is 5.75 Å². The van der Waals surface area contributed by atoms with Gasteiger partial charge in [0.15, 0.2) is 6.10 Å². The predicted molar refractivity (Wildman–Crippen MR) is 142 cm³/mol. The molecule has 2 heterocycles. The van der Waals surface area contributed by atoms with Crippen molar-refractivity contribution in [2.75, 3.05) is 16.2 Å². The van der Waals surface area contributed by atoms with Gasteiger partial charge < -0.3 is 19.8 Å². The highest BCUT2D eigenvalue weighted by Gasteiger charge is 2.37. The first-order chi connectivity index (χ1) is 18.4. The van der Waals surface area contributed by atoms with Crippen molar-refractivity contribution >= 4 is 33.2 Å². The normalized spacial score (nSPS) is 14.7. The summed E-state index contributed by atoms with van der Waals surface area (Å²) >= 11 is 0. The van der Waals surface area contributed by atoms with Gasteiger partial charge in [-0.3, -0.25) is 13.9 Å². The van der Waals surface area contributed by atoms with E-state index in [1.54, 1.807) is 84.9 Å². The fourth-order valence-electron chi connectivity index (χ4n) is 4.14. The Hall–Kier alpha value is -4.57. The number of rotatable bonds is 8. The zero-order valence-electron chi connectivity index (χ0n) is 20.2. The third-order valence-corrected chi connectivity index (χ3v) is 7.70. The number of amides is 2. The number of hydrogen-bond acceptors (Lipinski definition) is 6. The van der Waals surface area contributed by atoms with Crippen LogP contribution in [0.25, 0.3) is 0 Å². The molecule has 10 heteroatoms. The Morgan fingerprint density at radius 1 is 0.895 bits per heavy atom. The van der Waals surface area contributed by atoms with Crippen LogP contribution in [-0.2, 0) is 27.1 Å². The summed E-state index contributed by atoms with van der Waals surface area (Å²) in [7, 11) is -3.84. The van der Waals surface area contributed by atoms with Crippen molar-refractivity contribution in [3.63, 3.8) is 0 Å². The second-order valence-electron chi connectivity index (χ2n) is 8.64. The maximum absolute atomic E-state index is 13.4. The highest BCUT2D eigenvalue weighted by molar-refractivity contribution is 7.92. The molecule has 5 rings (SSSR count). The van der Waals surface area contributed by atoms with Crippen LogP contribution in [0.4, 0.5) is 11.4 Å². The van der Waals surface area contributed by atoms with Gasteiger partial charge in [-0.2, -0.15) is 0 Å². The summed E-state index contributed by atoms with van der Waals surface area (Å²) in [5.74, 6) is -0.342. The maximum atomic E-state index is 13.4. The molecule has 0 radical (unpaired) electrons. The van der Waals surface area contributed by atoms with Gasteiger partial charge in [0.2, 0.25) is 10.0 Å². The Labute approximate surface area is 220 Å². The van der Waals surface area contributed by atoms with Gasteiger partial charge in [-0.1, -0.05) is 54.6 Å². The molecule has 1 aliphatic rings.